The zero-order valence-electron chi connectivity index (χ0n) is 11.7. The molecule has 0 radical (unpaired) electrons. The predicted molar refractivity (Wildman–Crippen MR) is 85.6 cm³/mol. The van der Waals surface area contributed by atoms with Gasteiger partial charge in [-0.05, 0) is 36.4 Å². The first-order valence-corrected chi connectivity index (χ1v) is 6.93. The van der Waals surface area contributed by atoms with E-state index in [4.69, 9.17) is 16.3 Å². The van der Waals surface area contributed by atoms with Crippen molar-refractivity contribution in [3.8, 4) is 0 Å². The van der Waals surface area contributed by atoms with E-state index in [9.17, 15) is 4.79 Å². The van der Waals surface area contributed by atoms with Crippen molar-refractivity contribution in [2.75, 3.05) is 12.4 Å². The monoisotopic (exact) mass is 313 g/mol. The van der Waals surface area contributed by atoms with Crippen LogP contribution in [0, 0.1) is 0 Å². The highest BCUT2D eigenvalue weighted by Gasteiger charge is 2.14. The molecule has 1 heterocycles. The Hall–Kier alpha value is -2.66. The maximum Gasteiger partial charge on any atom is 0.376 e. The lowest BCUT2D eigenvalue weighted by atomic mass is 10.2. The quantitative estimate of drug-likeness (QED) is 0.745. The lowest BCUT2D eigenvalue weighted by molar-refractivity contribution is 0.0587. The Morgan fingerprint density at radius 3 is 2.55 bits per heavy atom. The predicted octanol–water partition coefficient (Wildman–Crippen LogP) is 3.81. The van der Waals surface area contributed by atoms with E-state index < -0.39 is 5.97 Å². The first-order valence-electron chi connectivity index (χ1n) is 6.55. The second-order valence-corrected chi connectivity index (χ2v) is 4.97. The van der Waals surface area contributed by atoms with Gasteiger partial charge < -0.3 is 10.1 Å². The van der Waals surface area contributed by atoms with Crippen LogP contribution in [0.15, 0.2) is 48.5 Å². The van der Waals surface area contributed by atoms with Crippen LogP contribution in [0.5, 0.6) is 0 Å². The van der Waals surface area contributed by atoms with E-state index in [1.54, 1.807) is 12.1 Å². The van der Waals surface area contributed by atoms with Crippen LogP contribution >= 0.6 is 11.6 Å². The number of methoxy groups -OCH3 is 1. The first kappa shape index (κ1) is 14.3. The van der Waals surface area contributed by atoms with Crippen molar-refractivity contribution < 1.29 is 9.53 Å². The van der Waals surface area contributed by atoms with Crippen molar-refractivity contribution >= 4 is 40.0 Å². The highest BCUT2D eigenvalue weighted by atomic mass is 35.5. The van der Waals surface area contributed by atoms with Gasteiger partial charge in [-0.25, -0.2) is 14.8 Å². The van der Waals surface area contributed by atoms with Crippen LogP contribution in [0.3, 0.4) is 0 Å². The normalized spacial score (nSPS) is 10.5. The molecule has 0 aliphatic heterocycles. The molecule has 110 valence electrons. The molecule has 0 fully saturated rings. The number of nitrogens with one attached hydrogen (secondary N) is 1. The van der Waals surface area contributed by atoms with E-state index in [-0.39, 0.29) is 5.82 Å². The number of esters is 1. The van der Waals surface area contributed by atoms with E-state index in [1.807, 2.05) is 36.4 Å². The number of carbonyl (C=O) groups excluding carboxylic acids is 1. The lowest BCUT2D eigenvalue weighted by Crippen LogP contribution is -2.09. The molecule has 5 nitrogen and oxygen atoms in total. The Kier molecular flexibility index (Phi) is 3.89. The van der Waals surface area contributed by atoms with Crippen molar-refractivity contribution in [2.24, 2.45) is 0 Å². The number of carbonyl (C=O) groups is 1. The van der Waals surface area contributed by atoms with Gasteiger partial charge in [-0.15, -0.1) is 0 Å². The summed E-state index contributed by atoms with van der Waals surface area (Å²) in [7, 11) is 1.30. The van der Waals surface area contributed by atoms with Crippen LogP contribution in [0.1, 0.15) is 10.6 Å². The number of aromatic nitrogens is 2. The number of rotatable bonds is 3. The zero-order valence-corrected chi connectivity index (χ0v) is 12.5. The Labute approximate surface area is 131 Å². The summed E-state index contributed by atoms with van der Waals surface area (Å²) in [5.41, 5.74) is 1.47. The maximum atomic E-state index is 11.7. The fourth-order valence-corrected chi connectivity index (χ4v) is 2.15. The molecule has 1 aromatic heterocycles. The van der Waals surface area contributed by atoms with Crippen molar-refractivity contribution in [2.45, 2.75) is 0 Å². The summed E-state index contributed by atoms with van der Waals surface area (Å²) < 4.78 is 4.70. The number of hydrogen-bond acceptors (Lipinski definition) is 5. The van der Waals surface area contributed by atoms with Gasteiger partial charge in [-0.1, -0.05) is 23.7 Å². The number of ether oxygens (including phenoxy) is 1. The van der Waals surface area contributed by atoms with E-state index in [0.29, 0.717) is 16.4 Å². The molecular weight excluding hydrogens is 302 g/mol. The number of nitrogens with zero attached hydrogens (tertiary/aromatic N) is 2. The summed E-state index contributed by atoms with van der Waals surface area (Å²) in [6, 6.07) is 14.6. The van der Waals surface area contributed by atoms with Crippen LogP contribution in [0.25, 0.3) is 10.9 Å². The summed E-state index contributed by atoms with van der Waals surface area (Å²) >= 11 is 5.88. The van der Waals surface area contributed by atoms with Gasteiger partial charge in [0.1, 0.15) is 5.82 Å². The smallest absolute Gasteiger partial charge is 0.376 e. The topological polar surface area (TPSA) is 64.1 Å². The molecule has 0 saturated heterocycles. The molecule has 2 aromatic carbocycles. The Morgan fingerprint density at radius 2 is 1.82 bits per heavy atom. The average Bonchev–Trinajstić information content (AvgIpc) is 2.56. The minimum absolute atomic E-state index is 0.0117. The van der Waals surface area contributed by atoms with Crippen LogP contribution in [0.2, 0.25) is 5.02 Å². The van der Waals surface area contributed by atoms with Gasteiger partial charge in [0.15, 0.2) is 0 Å². The molecule has 1 N–H and O–H groups in total. The average molecular weight is 314 g/mol. The fourth-order valence-electron chi connectivity index (χ4n) is 2.02. The summed E-state index contributed by atoms with van der Waals surface area (Å²) in [4.78, 5) is 20.2. The Morgan fingerprint density at radius 1 is 1.09 bits per heavy atom. The van der Waals surface area contributed by atoms with Crippen LogP contribution in [0.4, 0.5) is 11.5 Å². The van der Waals surface area contributed by atoms with E-state index in [2.05, 4.69) is 15.3 Å². The third-order valence-electron chi connectivity index (χ3n) is 3.08. The molecule has 0 bridgehead atoms. The number of hydrogen-bond donors (Lipinski definition) is 1. The summed E-state index contributed by atoms with van der Waals surface area (Å²) in [5, 5.41) is 4.63. The third-order valence-corrected chi connectivity index (χ3v) is 3.33. The molecule has 0 aliphatic rings. The van der Waals surface area contributed by atoms with Gasteiger partial charge in [0.25, 0.3) is 0 Å². The van der Waals surface area contributed by atoms with Gasteiger partial charge in [0.05, 0.1) is 12.6 Å². The SMILES string of the molecule is COC(=O)c1nc(Nc2ccc(Cl)cc2)c2ccccc2n1. The van der Waals surface area contributed by atoms with Crippen LogP contribution in [-0.2, 0) is 4.74 Å². The third kappa shape index (κ3) is 2.84. The fraction of sp³-hybridized carbons (Fsp3) is 0.0625. The van der Waals surface area contributed by atoms with Crippen molar-refractivity contribution in [3.63, 3.8) is 0 Å². The number of para-hydroxylation sites is 1. The Bertz CT molecular complexity index is 834. The van der Waals surface area contributed by atoms with Crippen molar-refractivity contribution in [1.82, 2.24) is 9.97 Å². The molecular formula is C16H12ClN3O2. The van der Waals surface area contributed by atoms with E-state index >= 15 is 0 Å². The molecule has 0 amide bonds. The largest absolute Gasteiger partial charge is 0.463 e. The molecule has 3 rings (SSSR count). The number of anilines is 2. The molecule has 0 saturated carbocycles. The molecule has 6 heteroatoms. The van der Waals surface area contributed by atoms with Gasteiger partial charge in [0.2, 0.25) is 5.82 Å². The summed E-state index contributed by atoms with van der Waals surface area (Å²) in [5.74, 6) is -0.0316. The molecule has 0 unspecified atom stereocenters. The van der Waals surface area contributed by atoms with Gasteiger partial charge in [0, 0.05) is 16.1 Å². The first-order chi connectivity index (χ1) is 10.7. The number of benzene rings is 2. The molecule has 0 aliphatic carbocycles. The van der Waals surface area contributed by atoms with E-state index in [1.165, 1.54) is 7.11 Å². The van der Waals surface area contributed by atoms with Gasteiger partial charge >= 0.3 is 5.97 Å². The second kappa shape index (κ2) is 5.99. The highest BCUT2D eigenvalue weighted by Crippen LogP contribution is 2.24. The number of halogens is 1. The molecule has 3 aromatic rings. The van der Waals surface area contributed by atoms with Crippen LogP contribution in [-0.4, -0.2) is 23.0 Å². The minimum Gasteiger partial charge on any atom is -0.463 e. The van der Waals surface area contributed by atoms with Gasteiger partial charge in [-0.2, -0.15) is 0 Å². The number of fused-ring (bicyclic) bond motifs is 1. The lowest BCUT2D eigenvalue weighted by Gasteiger charge is -2.10. The Balaban J connectivity index is 2.09. The molecule has 0 atom stereocenters. The maximum absolute atomic E-state index is 11.7. The summed E-state index contributed by atoms with van der Waals surface area (Å²) in [6.07, 6.45) is 0. The van der Waals surface area contributed by atoms with Crippen molar-refractivity contribution in [1.29, 1.82) is 0 Å². The van der Waals surface area contributed by atoms with E-state index in [0.717, 1.165) is 11.1 Å². The zero-order chi connectivity index (χ0) is 15.5. The van der Waals surface area contributed by atoms with Gasteiger partial charge in [-0.3, -0.25) is 0 Å². The standard InChI is InChI=1S/C16H12ClN3O2/c1-22-16(21)15-19-13-5-3-2-4-12(13)14(20-15)18-11-8-6-10(17)7-9-11/h2-9H,1H3,(H,18,19,20). The van der Waals surface area contributed by atoms with Crippen molar-refractivity contribution in [3.05, 3.63) is 59.4 Å². The highest BCUT2D eigenvalue weighted by molar-refractivity contribution is 6.30. The second-order valence-electron chi connectivity index (χ2n) is 4.54. The molecule has 0 spiro atoms. The summed E-state index contributed by atoms with van der Waals surface area (Å²) in [6.45, 7) is 0. The minimum atomic E-state index is -0.579. The molecule has 22 heavy (non-hydrogen) atoms. The van der Waals surface area contributed by atoms with Crippen LogP contribution < -0.4 is 5.32 Å².